The van der Waals surface area contributed by atoms with E-state index in [0.717, 1.165) is 29.6 Å². The van der Waals surface area contributed by atoms with E-state index in [1.165, 1.54) is 0 Å². The maximum Gasteiger partial charge on any atom is 0.248 e. The number of carbonyl (C=O) groups is 1. The summed E-state index contributed by atoms with van der Waals surface area (Å²) in [6.45, 7) is 0.866. The number of nitrogens with zero attached hydrogens (tertiary/aromatic N) is 1. The highest BCUT2D eigenvalue weighted by atomic mass is 32.2. The number of aliphatic imine (C=N–C) groups is 1. The zero-order valence-electron chi connectivity index (χ0n) is 8.77. The highest BCUT2D eigenvalue weighted by molar-refractivity contribution is 8.14. The summed E-state index contributed by atoms with van der Waals surface area (Å²) in [5, 5.41) is 4.09. The third kappa shape index (κ3) is 2.76. The van der Waals surface area contributed by atoms with Crippen molar-refractivity contribution in [2.75, 3.05) is 17.6 Å². The van der Waals surface area contributed by atoms with E-state index in [1.807, 2.05) is 6.07 Å². The summed E-state index contributed by atoms with van der Waals surface area (Å²) in [6, 6.07) is 7.13. The fourth-order valence-electron chi connectivity index (χ4n) is 1.41. The molecule has 0 radical (unpaired) electrons. The Morgan fingerprint density at radius 2 is 2.38 bits per heavy atom. The number of nitrogens with one attached hydrogen (secondary N) is 1. The Hall–Kier alpha value is -1.49. The van der Waals surface area contributed by atoms with Crippen molar-refractivity contribution in [2.24, 2.45) is 10.7 Å². The third-order valence-electron chi connectivity index (χ3n) is 2.20. The van der Waals surface area contributed by atoms with Crippen molar-refractivity contribution < 1.29 is 4.79 Å². The summed E-state index contributed by atoms with van der Waals surface area (Å²) < 4.78 is 0. The van der Waals surface area contributed by atoms with Gasteiger partial charge < -0.3 is 11.1 Å². The first-order valence-corrected chi connectivity index (χ1v) is 6.08. The van der Waals surface area contributed by atoms with Gasteiger partial charge in [-0.15, -0.1) is 0 Å². The van der Waals surface area contributed by atoms with Crippen LogP contribution in [0.2, 0.25) is 0 Å². The van der Waals surface area contributed by atoms with Crippen LogP contribution in [0.15, 0.2) is 29.3 Å². The molecule has 2 rings (SSSR count). The molecule has 3 N–H and O–H groups in total. The number of nitrogens with two attached hydrogens (primary N) is 1. The SMILES string of the molecule is NC(=O)c1cccc(NC2=NCCCS2)c1. The van der Waals surface area contributed by atoms with Crippen LogP contribution < -0.4 is 11.1 Å². The molecule has 0 aromatic heterocycles. The Morgan fingerprint density at radius 3 is 3.06 bits per heavy atom. The number of primary amides is 1. The first-order chi connectivity index (χ1) is 7.75. The van der Waals surface area contributed by atoms with Gasteiger partial charge in [0.2, 0.25) is 5.91 Å². The van der Waals surface area contributed by atoms with Crippen LogP contribution in [0.5, 0.6) is 0 Å². The molecule has 0 saturated heterocycles. The molecule has 0 saturated carbocycles. The number of hydrogen-bond acceptors (Lipinski definition) is 4. The van der Waals surface area contributed by atoms with Crippen LogP contribution in [0.25, 0.3) is 0 Å². The van der Waals surface area contributed by atoms with Gasteiger partial charge in [0, 0.05) is 23.5 Å². The number of amides is 1. The van der Waals surface area contributed by atoms with Gasteiger partial charge in [-0.2, -0.15) is 0 Å². The average molecular weight is 235 g/mol. The number of thioether (sulfide) groups is 1. The first-order valence-electron chi connectivity index (χ1n) is 5.10. The van der Waals surface area contributed by atoms with Gasteiger partial charge >= 0.3 is 0 Å². The van der Waals surface area contributed by atoms with Crippen molar-refractivity contribution >= 4 is 28.5 Å². The lowest BCUT2D eigenvalue weighted by Gasteiger charge is -2.13. The number of rotatable bonds is 2. The predicted molar refractivity (Wildman–Crippen MR) is 68.0 cm³/mol. The molecule has 5 heteroatoms. The molecule has 0 fully saturated rings. The summed E-state index contributed by atoms with van der Waals surface area (Å²) in [4.78, 5) is 15.4. The van der Waals surface area contributed by atoms with Crippen molar-refractivity contribution in [1.29, 1.82) is 0 Å². The fraction of sp³-hybridized carbons (Fsp3) is 0.273. The minimum Gasteiger partial charge on any atom is -0.366 e. The number of benzene rings is 1. The van der Waals surface area contributed by atoms with E-state index in [2.05, 4.69) is 10.3 Å². The van der Waals surface area contributed by atoms with Crippen LogP contribution in [-0.4, -0.2) is 23.4 Å². The Bertz CT molecular complexity index is 431. The first kappa shape index (κ1) is 11.0. The second-order valence-corrected chi connectivity index (χ2v) is 4.54. The lowest BCUT2D eigenvalue weighted by Crippen LogP contribution is -2.15. The van der Waals surface area contributed by atoms with E-state index in [0.29, 0.717) is 5.56 Å². The van der Waals surface area contributed by atoms with E-state index < -0.39 is 5.91 Å². The second-order valence-electron chi connectivity index (χ2n) is 3.46. The molecule has 0 spiro atoms. The second kappa shape index (κ2) is 5.03. The van der Waals surface area contributed by atoms with Crippen LogP contribution in [0, 0.1) is 0 Å². The summed E-state index contributed by atoms with van der Waals surface area (Å²) in [5.41, 5.74) is 6.57. The van der Waals surface area contributed by atoms with Crippen LogP contribution >= 0.6 is 11.8 Å². The highest BCUT2D eigenvalue weighted by Gasteiger charge is 2.07. The predicted octanol–water partition coefficient (Wildman–Crippen LogP) is 1.69. The minimum atomic E-state index is -0.415. The van der Waals surface area contributed by atoms with E-state index in [1.54, 1.807) is 30.0 Å². The molecule has 1 aliphatic heterocycles. The molecule has 1 aromatic rings. The summed E-state index contributed by atoms with van der Waals surface area (Å²) >= 11 is 1.69. The summed E-state index contributed by atoms with van der Waals surface area (Å²) in [7, 11) is 0. The van der Waals surface area contributed by atoms with Crippen molar-refractivity contribution in [1.82, 2.24) is 0 Å². The maximum absolute atomic E-state index is 11.0. The van der Waals surface area contributed by atoms with Gasteiger partial charge in [-0.25, -0.2) is 0 Å². The molecule has 4 nitrogen and oxygen atoms in total. The number of anilines is 1. The molecular weight excluding hydrogens is 222 g/mol. The van der Waals surface area contributed by atoms with E-state index in [9.17, 15) is 4.79 Å². The standard InChI is InChI=1S/C11H13N3OS/c12-10(15)8-3-1-4-9(7-8)14-11-13-5-2-6-16-11/h1,3-4,7H,2,5-6H2,(H2,12,15)(H,13,14). The van der Waals surface area contributed by atoms with Crippen molar-refractivity contribution in [3.05, 3.63) is 29.8 Å². The van der Waals surface area contributed by atoms with Gasteiger partial charge in [0.1, 0.15) is 0 Å². The molecule has 0 unspecified atom stereocenters. The number of amidine groups is 1. The lowest BCUT2D eigenvalue weighted by atomic mass is 10.2. The zero-order chi connectivity index (χ0) is 11.4. The fourth-order valence-corrected chi connectivity index (χ4v) is 2.25. The molecule has 1 heterocycles. The normalized spacial score (nSPS) is 15.4. The average Bonchev–Trinajstić information content (AvgIpc) is 2.30. The third-order valence-corrected chi connectivity index (χ3v) is 3.19. The van der Waals surface area contributed by atoms with Gasteiger partial charge in [-0.1, -0.05) is 17.8 Å². The van der Waals surface area contributed by atoms with Crippen molar-refractivity contribution in [2.45, 2.75) is 6.42 Å². The molecule has 0 aliphatic carbocycles. The Morgan fingerprint density at radius 1 is 1.50 bits per heavy atom. The topological polar surface area (TPSA) is 67.5 Å². The Balaban J connectivity index is 2.12. The zero-order valence-corrected chi connectivity index (χ0v) is 9.59. The maximum atomic E-state index is 11.0. The van der Waals surface area contributed by atoms with Gasteiger partial charge in [-0.3, -0.25) is 9.79 Å². The van der Waals surface area contributed by atoms with Gasteiger partial charge in [-0.05, 0) is 24.6 Å². The number of carbonyl (C=O) groups excluding carboxylic acids is 1. The Kier molecular flexibility index (Phi) is 3.46. The minimum absolute atomic E-state index is 0.415. The van der Waals surface area contributed by atoms with Crippen LogP contribution in [0.3, 0.4) is 0 Å². The van der Waals surface area contributed by atoms with Gasteiger partial charge in [0.25, 0.3) is 0 Å². The molecule has 84 valence electrons. The quantitative estimate of drug-likeness (QED) is 0.819. The van der Waals surface area contributed by atoms with Crippen LogP contribution in [0.1, 0.15) is 16.8 Å². The smallest absolute Gasteiger partial charge is 0.248 e. The van der Waals surface area contributed by atoms with Crippen molar-refractivity contribution in [3.8, 4) is 0 Å². The summed E-state index contributed by atoms with van der Waals surface area (Å²) in [6.07, 6.45) is 1.12. The van der Waals surface area contributed by atoms with Crippen LogP contribution in [0.4, 0.5) is 5.69 Å². The lowest BCUT2D eigenvalue weighted by molar-refractivity contribution is 0.100. The molecule has 0 atom stereocenters. The Labute approximate surface area is 98.3 Å². The van der Waals surface area contributed by atoms with Gasteiger partial charge in [0.05, 0.1) is 0 Å². The molecule has 1 aromatic carbocycles. The largest absolute Gasteiger partial charge is 0.366 e. The molecule has 16 heavy (non-hydrogen) atoms. The highest BCUT2D eigenvalue weighted by Crippen LogP contribution is 2.17. The molecular formula is C11H13N3OS. The monoisotopic (exact) mass is 235 g/mol. The molecule has 1 aliphatic rings. The van der Waals surface area contributed by atoms with E-state index in [4.69, 9.17) is 5.73 Å². The number of hydrogen-bond donors (Lipinski definition) is 2. The summed E-state index contributed by atoms with van der Waals surface area (Å²) in [5.74, 6) is 0.670. The van der Waals surface area contributed by atoms with E-state index in [-0.39, 0.29) is 0 Å². The molecule has 0 bridgehead atoms. The molecule has 1 amide bonds. The van der Waals surface area contributed by atoms with E-state index >= 15 is 0 Å². The van der Waals surface area contributed by atoms with Crippen LogP contribution in [-0.2, 0) is 0 Å². The van der Waals surface area contributed by atoms with Crippen molar-refractivity contribution in [3.63, 3.8) is 0 Å². The van der Waals surface area contributed by atoms with Gasteiger partial charge in [0.15, 0.2) is 5.17 Å².